The highest BCUT2D eigenvalue weighted by molar-refractivity contribution is 5.69. The van der Waals surface area contributed by atoms with Crippen molar-refractivity contribution in [2.24, 2.45) is 0 Å². The van der Waals surface area contributed by atoms with E-state index in [1.165, 1.54) is 141 Å². The summed E-state index contributed by atoms with van der Waals surface area (Å²) < 4.78 is 6.00. The monoisotopic (exact) mass is 584 g/mol. The van der Waals surface area contributed by atoms with Gasteiger partial charge in [-0.15, -0.1) is 0 Å². The molecular formula is C37H77NO3. The minimum Gasteiger partial charge on any atom is -0.462 e. The first-order valence-corrected chi connectivity index (χ1v) is 18.2. The number of nitrogens with zero attached hydrogens (tertiary/aromatic N) is 1. The highest BCUT2D eigenvalue weighted by atomic mass is 16.5. The average Bonchev–Trinajstić information content (AvgIpc) is 2.95. The third-order valence-corrected chi connectivity index (χ3v) is 8.41. The standard InChI is InChI=1S/C36H73NO3.CH4/c1-4-7-10-13-16-21-26-31-37(33-34-38)32-27-22-17-20-25-30-36(39)40-35(28-23-18-14-11-8-5-2)29-24-19-15-12-9-6-3;/h35,38H,4-34H2,1-3H3;1H4. The zero-order valence-corrected chi connectivity index (χ0v) is 27.7. The molecule has 0 aromatic carbocycles. The fourth-order valence-corrected chi connectivity index (χ4v) is 5.72. The van der Waals surface area contributed by atoms with Crippen LogP contribution in [-0.2, 0) is 9.53 Å². The van der Waals surface area contributed by atoms with Crippen LogP contribution >= 0.6 is 0 Å². The Balaban J connectivity index is 0. The van der Waals surface area contributed by atoms with Gasteiger partial charge in [0, 0.05) is 13.0 Å². The van der Waals surface area contributed by atoms with Crippen molar-refractivity contribution in [1.82, 2.24) is 4.90 Å². The van der Waals surface area contributed by atoms with Crippen LogP contribution in [0.4, 0.5) is 0 Å². The van der Waals surface area contributed by atoms with Crippen LogP contribution in [0.2, 0.25) is 0 Å². The molecule has 0 saturated carbocycles. The Morgan fingerprint density at radius 3 is 1.32 bits per heavy atom. The molecule has 41 heavy (non-hydrogen) atoms. The summed E-state index contributed by atoms with van der Waals surface area (Å²) in [5, 5.41) is 9.42. The number of rotatable bonds is 33. The third kappa shape index (κ3) is 32.1. The molecule has 4 heteroatoms. The topological polar surface area (TPSA) is 49.8 Å². The van der Waals surface area contributed by atoms with E-state index in [1.54, 1.807) is 0 Å². The van der Waals surface area contributed by atoms with Crippen molar-refractivity contribution in [3.8, 4) is 0 Å². The Morgan fingerprint density at radius 2 is 0.902 bits per heavy atom. The first-order chi connectivity index (χ1) is 19.7. The average molecular weight is 584 g/mol. The Kier molecular flexibility index (Phi) is 36.9. The largest absolute Gasteiger partial charge is 0.462 e. The van der Waals surface area contributed by atoms with E-state index in [-0.39, 0.29) is 26.1 Å². The quantitative estimate of drug-likeness (QED) is 0.0616. The lowest BCUT2D eigenvalue weighted by Gasteiger charge is -2.21. The Morgan fingerprint density at radius 1 is 0.537 bits per heavy atom. The Bertz CT molecular complexity index is 483. The molecule has 0 atom stereocenters. The van der Waals surface area contributed by atoms with Gasteiger partial charge in [-0.1, -0.05) is 150 Å². The van der Waals surface area contributed by atoms with E-state index >= 15 is 0 Å². The molecular weight excluding hydrogens is 506 g/mol. The third-order valence-electron chi connectivity index (χ3n) is 8.41. The summed E-state index contributed by atoms with van der Waals surface area (Å²) in [5.41, 5.74) is 0. The van der Waals surface area contributed by atoms with Crippen molar-refractivity contribution < 1.29 is 14.6 Å². The molecule has 0 fully saturated rings. The molecule has 0 heterocycles. The summed E-state index contributed by atoms with van der Waals surface area (Å²) in [6, 6.07) is 0. The van der Waals surface area contributed by atoms with Crippen molar-refractivity contribution in [1.29, 1.82) is 0 Å². The summed E-state index contributed by atoms with van der Waals surface area (Å²) >= 11 is 0. The second kappa shape index (κ2) is 35.6. The highest BCUT2D eigenvalue weighted by Crippen LogP contribution is 2.18. The SMILES string of the molecule is C.CCCCCCCCCN(CCO)CCCCCCCC(=O)OC(CCCCCCCC)CCCCCCCC. The van der Waals surface area contributed by atoms with Gasteiger partial charge in [-0.25, -0.2) is 0 Å². The van der Waals surface area contributed by atoms with Crippen molar-refractivity contribution >= 4 is 5.97 Å². The number of esters is 1. The van der Waals surface area contributed by atoms with Gasteiger partial charge in [0.25, 0.3) is 0 Å². The molecule has 0 spiro atoms. The molecule has 0 unspecified atom stereocenters. The maximum Gasteiger partial charge on any atom is 0.306 e. The van der Waals surface area contributed by atoms with Gasteiger partial charge in [-0.3, -0.25) is 4.79 Å². The van der Waals surface area contributed by atoms with Gasteiger partial charge in [0.1, 0.15) is 6.10 Å². The van der Waals surface area contributed by atoms with Crippen LogP contribution < -0.4 is 0 Å². The van der Waals surface area contributed by atoms with Gasteiger partial charge in [-0.05, 0) is 58.0 Å². The number of aliphatic hydroxyl groups excluding tert-OH is 1. The molecule has 0 aliphatic heterocycles. The molecule has 1 N–H and O–H groups in total. The van der Waals surface area contributed by atoms with E-state index in [9.17, 15) is 9.90 Å². The lowest BCUT2D eigenvalue weighted by Crippen LogP contribution is -2.29. The van der Waals surface area contributed by atoms with E-state index in [0.29, 0.717) is 6.42 Å². The minimum absolute atomic E-state index is 0. The molecule has 0 rings (SSSR count). The van der Waals surface area contributed by atoms with Crippen molar-refractivity contribution in [3.05, 3.63) is 0 Å². The predicted molar refractivity (Wildman–Crippen MR) is 182 cm³/mol. The van der Waals surface area contributed by atoms with Crippen molar-refractivity contribution in [2.45, 2.75) is 208 Å². The van der Waals surface area contributed by atoms with Crippen LogP contribution in [-0.4, -0.2) is 48.3 Å². The van der Waals surface area contributed by atoms with Crippen molar-refractivity contribution in [2.75, 3.05) is 26.2 Å². The van der Waals surface area contributed by atoms with Crippen LogP contribution in [0.3, 0.4) is 0 Å². The molecule has 0 radical (unpaired) electrons. The number of ether oxygens (including phenoxy) is 1. The second-order valence-electron chi connectivity index (χ2n) is 12.4. The molecule has 4 nitrogen and oxygen atoms in total. The zero-order chi connectivity index (χ0) is 29.4. The number of aliphatic hydroxyl groups is 1. The fraction of sp³-hybridized carbons (Fsp3) is 0.973. The summed E-state index contributed by atoms with van der Waals surface area (Å²) in [6.07, 6.45) is 33.4. The molecule has 0 amide bonds. The molecule has 0 bridgehead atoms. The number of carbonyl (C=O) groups is 1. The molecule has 0 aliphatic carbocycles. The van der Waals surface area contributed by atoms with Crippen LogP contribution in [0.5, 0.6) is 0 Å². The number of hydrogen-bond donors (Lipinski definition) is 1. The normalized spacial score (nSPS) is 11.4. The van der Waals surface area contributed by atoms with Crippen LogP contribution in [0.15, 0.2) is 0 Å². The Hall–Kier alpha value is -0.610. The van der Waals surface area contributed by atoms with Gasteiger partial charge in [0.05, 0.1) is 6.61 Å². The van der Waals surface area contributed by atoms with Gasteiger partial charge in [-0.2, -0.15) is 0 Å². The van der Waals surface area contributed by atoms with Gasteiger partial charge in [0.15, 0.2) is 0 Å². The van der Waals surface area contributed by atoms with Crippen molar-refractivity contribution in [3.63, 3.8) is 0 Å². The predicted octanol–water partition coefficient (Wildman–Crippen LogP) is 11.4. The van der Waals surface area contributed by atoms with E-state index < -0.39 is 0 Å². The Labute approximate surface area is 259 Å². The number of hydrogen-bond acceptors (Lipinski definition) is 4. The lowest BCUT2D eigenvalue weighted by molar-refractivity contribution is -0.150. The fourth-order valence-electron chi connectivity index (χ4n) is 5.72. The van der Waals surface area contributed by atoms with Gasteiger partial charge in [0.2, 0.25) is 0 Å². The molecule has 0 saturated heterocycles. The maximum atomic E-state index is 12.6. The first-order valence-electron chi connectivity index (χ1n) is 18.2. The van der Waals surface area contributed by atoms with E-state index in [0.717, 1.165) is 45.3 Å². The molecule has 0 aromatic heterocycles. The van der Waals surface area contributed by atoms with Gasteiger partial charge < -0.3 is 14.7 Å². The number of unbranched alkanes of at least 4 members (excludes halogenated alkanes) is 20. The lowest BCUT2D eigenvalue weighted by atomic mass is 10.0. The molecule has 0 aromatic rings. The smallest absolute Gasteiger partial charge is 0.306 e. The molecule has 248 valence electrons. The summed E-state index contributed by atoms with van der Waals surface area (Å²) in [7, 11) is 0. The summed E-state index contributed by atoms with van der Waals surface area (Å²) in [4.78, 5) is 15.0. The zero-order valence-electron chi connectivity index (χ0n) is 27.7. The van der Waals surface area contributed by atoms with Crippen LogP contribution in [0.25, 0.3) is 0 Å². The van der Waals surface area contributed by atoms with Crippen LogP contribution in [0.1, 0.15) is 202 Å². The minimum atomic E-state index is 0. The number of carbonyl (C=O) groups excluding carboxylic acids is 1. The van der Waals surface area contributed by atoms with E-state index in [1.807, 2.05) is 0 Å². The van der Waals surface area contributed by atoms with Gasteiger partial charge >= 0.3 is 5.97 Å². The summed E-state index contributed by atoms with van der Waals surface area (Å²) in [5.74, 6) is 0.0331. The highest BCUT2D eigenvalue weighted by Gasteiger charge is 2.14. The second-order valence-corrected chi connectivity index (χ2v) is 12.4. The van der Waals surface area contributed by atoms with Crippen LogP contribution in [0, 0.1) is 0 Å². The van der Waals surface area contributed by atoms with E-state index in [4.69, 9.17) is 4.74 Å². The molecule has 0 aliphatic rings. The summed E-state index contributed by atoms with van der Waals surface area (Å²) in [6.45, 7) is 10.1. The maximum absolute atomic E-state index is 12.6. The van der Waals surface area contributed by atoms with E-state index in [2.05, 4.69) is 25.7 Å². The first kappa shape index (κ1) is 42.5.